The van der Waals surface area contributed by atoms with Crippen LogP contribution in [-0.4, -0.2) is 35.5 Å². The highest BCUT2D eigenvalue weighted by atomic mass is 16.4. The summed E-state index contributed by atoms with van der Waals surface area (Å²) in [4.78, 5) is 37.6. The Morgan fingerprint density at radius 3 is 2.54 bits per heavy atom. The number of rotatable bonds is 6. The van der Waals surface area contributed by atoms with E-state index in [2.05, 4.69) is 12.2 Å². The lowest BCUT2D eigenvalue weighted by Crippen LogP contribution is -2.39. The van der Waals surface area contributed by atoms with Gasteiger partial charge in [-0.3, -0.25) is 14.4 Å². The molecule has 2 aliphatic rings. The molecule has 1 heterocycles. The Hall–Kier alpha value is -2.37. The van der Waals surface area contributed by atoms with E-state index in [0.29, 0.717) is 25.8 Å². The molecule has 0 aromatic heterocycles. The van der Waals surface area contributed by atoms with E-state index in [-0.39, 0.29) is 36.1 Å². The molecule has 0 bridgehead atoms. The van der Waals surface area contributed by atoms with E-state index < -0.39 is 5.97 Å². The summed E-state index contributed by atoms with van der Waals surface area (Å²) < 4.78 is 0. The molecule has 2 N–H and O–H groups in total. The van der Waals surface area contributed by atoms with Gasteiger partial charge in [-0.1, -0.05) is 25.5 Å². The molecule has 2 amide bonds. The lowest BCUT2D eigenvalue weighted by atomic mass is 10.1. The van der Waals surface area contributed by atoms with E-state index in [1.54, 1.807) is 4.90 Å². The average molecular weight is 358 g/mol. The van der Waals surface area contributed by atoms with E-state index in [1.807, 2.05) is 24.3 Å². The molecule has 1 unspecified atom stereocenters. The second-order valence-electron chi connectivity index (χ2n) is 7.38. The largest absolute Gasteiger partial charge is 0.481 e. The summed E-state index contributed by atoms with van der Waals surface area (Å²) in [5, 5.41) is 12.0. The zero-order chi connectivity index (χ0) is 18.7. The van der Waals surface area contributed by atoms with Crippen molar-refractivity contribution in [1.29, 1.82) is 0 Å². The van der Waals surface area contributed by atoms with Crippen LogP contribution < -0.4 is 10.2 Å². The molecule has 6 nitrogen and oxygen atoms in total. The summed E-state index contributed by atoms with van der Waals surface area (Å²) in [5.41, 5.74) is 2.07. The number of hydrogen-bond acceptors (Lipinski definition) is 3. The molecule has 26 heavy (non-hydrogen) atoms. The summed E-state index contributed by atoms with van der Waals surface area (Å²) in [6.45, 7) is 2.51. The van der Waals surface area contributed by atoms with Crippen molar-refractivity contribution in [2.24, 2.45) is 11.8 Å². The van der Waals surface area contributed by atoms with Crippen LogP contribution in [0.3, 0.4) is 0 Å². The Balaban J connectivity index is 1.57. The van der Waals surface area contributed by atoms with Gasteiger partial charge in [0, 0.05) is 24.7 Å². The third-order valence-corrected chi connectivity index (χ3v) is 5.41. The summed E-state index contributed by atoms with van der Waals surface area (Å²) in [6.07, 6.45) is 4.06. The van der Waals surface area contributed by atoms with Crippen LogP contribution in [0.4, 0.5) is 5.69 Å². The minimum atomic E-state index is -0.796. The molecular weight excluding hydrogens is 332 g/mol. The number of carbonyl (C=O) groups excluding carboxylic acids is 2. The number of amides is 2. The van der Waals surface area contributed by atoms with Crippen molar-refractivity contribution in [2.45, 2.75) is 51.5 Å². The normalized spacial score (nSPS) is 25.5. The first kappa shape index (κ1) is 18.4. The Morgan fingerprint density at radius 2 is 1.92 bits per heavy atom. The number of carbonyl (C=O) groups is 3. The first-order valence-electron chi connectivity index (χ1n) is 9.40. The zero-order valence-electron chi connectivity index (χ0n) is 15.1. The maximum Gasteiger partial charge on any atom is 0.306 e. The lowest BCUT2D eigenvalue weighted by Gasteiger charge is -2.18. The quantitative estimate of drug-likeness (QED) is 0.817. The van der Waals surface area contributed by atoms with E-state index >= 15 is 0 Å². The van der Waals surface area contributed by atoms with Gasteiger partial charge in [0.05, 0.1) is 11.8 Å². The first-order valence-corrected chi connectivity index (χ1v) is 9.40. The topological polar surface area (TPSA) is 86.7 Å². The fourth-order valence-electron chi connectivity index (χ4n) is 3.92. The Kier molecular flexibility index (Phi) is 5.59. The number of nitrogens with zero attached hydrogens (tertiary/aromatic N) is 1. The SMILES string of the molecule is CCCc1ccc(N2CC(C(=O)N[C@H]3CC[C@@H](C(=O)O)C3)CC2=O)cc1. The minimum absolute atomic E-state index is 0.0387. The molecule has 1 saturated carbocycles. The van der Waals surface area contributed by atoms with Gasteiger partial charge in [-0.05, 0) is 43.4 Å². The first-order chi connectivity index (χ1) is 12.5. The number of carboxylic acids is 1. The van der Waals surface area contributed by atoms with Gasteiger partial charge in [0.2, 0.25) is 11.8 Å². The van der Waals surface area contributed by atoms with Gasteiger partial charge in [0.15, 0.2) is 0 Å². The number of aliphatic carboxylic acids is 1. The van der Waals surface area contributed by atoms with Crippen LogP contribution in [0.15, 0.2) is 24.3 Å². The summed E-state index contributed by atoms with van der Waals surface area (Å²) in [5.74, 6) is -1.72. The number of nitrogens with one attached hydrogen (secondary N) is 1. The van der Waals surface area contributed by atoms with Crippen LogP contribution in [0.5, 0.6) is 0 Å². The highest BCUT2D eigenvalue weighted by Crippen LogP contribution is 2.28. The standard InChI is InChI=1S/C20H26N2O4/c1-2-3-13-4-8-17(9-5-13)22-12-15(11-18(22)23)19(24)21-16-7-6-14(10-16)20(25)26/h4-5,8-9,14-16H,2-3,6-7,10-12H2,1H3,(H,21,24)(H,25,26)/t14-,15?,16+/m1/s1. The van der Waals surface area contributed by atoms with E-state index in [0.717, 1.165) is 18.5 Å². The van der Waals surface area contributed by atoms with Gasteiger partial charge in [-0.15, -0.1) is 0 Å². The van der Waals surface area contributed by atoms with Crippen molar-refractivity contribution in [1.82, 2.24) is 5.32 Å². The lowest BCUT2D eigenvalue weighted by molar-refractivity contribution is -0.141. The Labute approximate surface area is 153 Å². The van der Waals surface area contributed by atoms with Gasteiger partial charge in [-0.2, -0.15) is 0 Å². The average Bonchev–Trinajstić information content (AvgIpc) is 3.23. The van der Waals surface area contributed by atoms with Crippen LogP contribution in [0, 0.1) is 11.8 Å². The summed E-state index contributed by atoms with van der Waals surface area (Å²) >= 11 is 0. The van der Waals surface area contributed by atoms with Crippen molar-refractivity contribution < 1.29 is 19.5 Å². The fraction of sp³-hybridized carbons (Fsp3) is 0.550. The van der Waals surface area contributed by atoms with Crippen molar-refractivity contribution in [3.05, 3.63) is 29.8 Å². The smallest absolute Gasteiger partial charge is 0.306 e. The predicted molar refractivity (Wildman–Crippen MR) is 97.8 cm³/mol. The number of hydrogen-bond donors (Lipinski definition) is 2. The number of anilines is 1. The molecule has 1 aromatic rings. The highest BCUT2D eigenvalue weighted by molar-refractivity contribution is 6.00. The Bertz CT molecular complexity index is 686. The molecule has 2 fully saturated rings. The third-order valence-electron chi connectivity index (χ3n) is 5.41. The molecule has 3 atom stereocenters. The summed E-state index contributed by atoms with van der Waals surface area (Å²) in [7, 11) is 0. The van der Waals surface area contributed by atoms with Crippen molar-refractivity contribution in [3.63, 3.8) is 0 Å². The van der Waals surface area contributed by atoms with Gasteiger partial charge in [0.25, 0.3) is 0 Å². The van der Waals surface area contributed by atoms with E-state index in [1.165, 1.54) is 5.56 Å². The maximum atomic E-state index is 12.5. The van der Waals surface area contributed by atoms with Crippen LogP contribution in [0.2, 0.25) is 0 Å². The molecule has 1 saturated heterocycles. The number of aryl methyl sites for hydroxylation is 1. The number of benzene rings is 1. The van der Waals surface area contributed by atoms with E-state index in [9.17, 15) is 14.4 Å². The second kappa shape index (κ2) is 7.89. The molecule has 6 heteroatoms. The van der Waals surface area contributed by atoms with Gasteiger partial charge in [0.1, 0.15) is 0 Å². The molecule has 0 spiro atoms. The van der Waals surface area contributed by atoms with Crippen LogP contribution in [0.1, 0.15) is 44.6 Å². The van der Waals surface area contributed by atoms with Crippen molar-refractivity contribution in [3.8, 4) is 0 Å². The third kappa shape index (κ3) is 4.06. The van der Waals surface area contributed by atoms with Crippen molar-refractivity contribution >= 4 is 23.5 Å². The zero-order valence-corrected chi connectivity index (χ0v) is 15.1. The van der Waals surface area contributed by atoms with Crippen LogP contribution in [0.25, 0.3) is 0 Å². The van der Waals surface area contributed by atoms with Gasteiger partial charge >= 0.3 is 5.97 Å². The Morgan fingerprint density at radius 1 is 1.19 bits per heavy atom. The maximum absolute atomic E-state index is 12.5. The molecule has 1 aromatic carbocycles. The molecule has 3 rings (SSSR count). The monoisotopic (exact) mass is 358 g/mol. The van der Waals surface area contributed by atoms with Gasteiger partial charge in [-0.25, -0.2) is 0 Å². The second-order valence-corrected chi connectivity index (χ2v) is 7.38. The predicted octanol–water partition coefficient (Wildman–Crippen LogP) is 2.36. The minimum Gasteiger partial charge on any atom is -0.481 e. The molecule has 1 aliphatic carbocycles. The van der Waals surface area contributed by atoms with E-state index in [4.69, 9.17) is 5.11 Å². The van der Waals surface area contributed by atoms with Gasteiger partial charge < -0.3 is 15.3 Å². The number of carboxylic acid groups (broad SMARTS) is 1. The highest BCUT2D eigenvalue weighted by Gasteiger charge is 2.37. The molecule has 1 aliphatic heterocycles. The molecule has 0 radical (unpaired) electrons. The van der Waals surface area contributed by atoms with Crippen molar-refractivity contribution in [2.75, 3.05) is 11.4 Å². The molecule has 140 valence electrons. The van der Waals surface area contributed by atoms with Crippen LogP contribution >= 0.6 is 0 Å². The fourth-order valence-corrected chi connectivity index (χ4v) is 3.92. The summed E-state index contributed by atoms with van der Waals surface area (Å²) in [6, 6.07) is 7.85. The molecular formula is C20H26N2O4. The van der Waals surface area contributed by atoms with Crippen LogP contribution in [-0.2, 0) is 20.8 Å².